The molecule has 10 atom stereocenters. The average molecular weight is 573 g/mol. The highest BCUT2D eigenvalue weighted by Crippen LogP contribution is 2.68. The zero-order chi connectivity index (χ0) is 30.3. The van der Waals surface area contributed by atoms with Gasteiger partial charge in [0.05, 0.1) is 12.7 Å². The predicted octanol–water partition coefficient (Wildman–Crippen LogP) is 6.18. The molecule has 3 saturated carbocycles. The van der Waals surface area contributed by atoms with Gasteiger partial charge in [-0.25, -0.2) is 0 Å². The second-order valence-electron chi connectivity index (χ2n) is 14.2. The van der Waals surface area contributed by atoms with Crippen LogP contribution in [0.15, 0.2) is 23.8 Å². The number of esters is 3. The van der Waals surface area contributed by atoms with Crippen molar-refractivity contribution in [1.29, 1.82) is 0 Å². The Balaban J connectivity index is 1.71. The van der Waals surface area contributed by atoms with Crippen molar-refractivity contribution in [2.45, 2.75) is 118 Å². The van der Waals surface area contributed by atoms with Crippen molar-refractivity contribution < 1.29 is 33.7 Å². The highest BCUT2D eigenvalue weighted by Gasteiger charge is 2.66. The Morgan fingerprint density at radius 1 is 1.07 bits per heavy atom. The minimum atomic E-state index is -0.701. The van der Waals surface area contributed by atoms with Gasteiger partial charge in [-0.05, 0) is 86.4 Å². The zero-order valence-corrected chi connectivity index (χ0v) is 26.2. The molecular weight excluding hydrogens is 520 g/mol. The molecule has 4 aliphatic rings. The Bertz CT molecular complexity index is 1060. The Hall–Kier alpha value is -2.15. The van der Waals surface area contributed by atoms with E-state index in [1.165, 1.54) is 31.9 Å². The van der Waals surface area contributed by atoms with Crippen LogP contribution in [-0.4, -0.2) is 47.9 Å². The molecule has 0 heterocycles. The molecule has 0 amide bonds. The molecule has 3 fully saturated rings. The second kappa shape index (κ2) is 12.2. The van der Waals surface area contributed by atoms with Gasteiger partial charge in [-0.1, -0.05) is 51.5 Å². The monoisotopic (exact) mass is 572 g/mol. The molecule has 230 valence electrons. The molecule has 7 heteroatoms. The van der Waals surface area contributed by atoms with Crippen molar-refractivity contribution in [3.63, 3.8) is 0 Å². The van der Waals surface area contributed by atoms with Gasteiger partial charge in [0.1, 0.15) is 12.2 Å². The van der Waals surface area contributed by atoms with E-state index in [-0.39, 0.29) is 58.5 Å². The number of fused-ring (bicyclic) bond motifs is 5. The van der Waals surface area contributed by atoms with Crippen LogP contribution in [0.5, 0.6) is 0 Å². The Labute approximate surface area is 246 Å². The first kappa shape index (κ1) is 31.8. The molecular formula is C34H52O7. The third-order valence-electron chi connectivity index (χ3n) is 11.5. The lowest BCUT2D eigenvalue weighted by atomic mass is 9.46. The largest absolute Gasteiger partial charge is 0.465 e. The van der Waals surface area contributed by atoms with Crippen molar-refractivity contribution >= 4 is 17.9 Å². The van der Waals surface area contributed by atoms with Crippen molar-refractivity contribution in [2.24, 2.45) is 46.3 Å². The number of rotatable bonds is 9. The first-order valence-corrected chi connectivity index (χ1v) is 15.7. The van der Waals surface area contributed by atoms with E-state index in [0.717, 1.165) is 38.5 Å². The SMILES string of the molecule is C=C(CC[C@@H](C)[C@H]1CC(OC(C)=O)[C@H]2[C@@H]3CC=C4CC(O)C(OC(C)=O)C[C@]4(C)[C@H]3CC[C@]12COC(C)=O)C(C)C. The Morgan fingerprint density at radius 3 is 2.34 bits per heavy atom. The van der Waals surface area contributed by atoms with Crippen LogP contribution in [0.25, 0.3) is 0 Å². The molecule has 7 nitrogen and oxygen atoms in total. The summed E-state index contributed by atoms with van der Waals surface area (Å²) < 4.78 is 17.6. The summed E-state index contributed by atoms with van der Waals surface area (Å²) in [6.45, 7) is 17.9. The molecule has 0 bridgehead atoms. The molecule has 0 saturated heterocycles. The molecule has 4 rings (SSSR count). The van der Waals surface area contributed by atoms with Crippen LogP contribution in [0.2, 0.25) is 0 Å². The normalized spacial score (nSPS) is 38.6. The van der Waals surface area contributed by atoms with E-state index in [9.17, 15) is 19.5 Å². The predicted molar refractivity (Wildman–Crippen MR) is 156 cm³/mol. The number of aliphatic hydroxyl groups excluding tert-OH is 1. The van der Waals surface area contributed by atoms with Gasteiger partial charge >= 0.3 is 17.9 Å². The third kappa shape index (κ3) is 6.16. The van der Waals surface area contributed by atoms with Crippen molar-refractivity contribution in [1.82, 2.24) is 0 Å². The van der Waals surface area contributed by atoms with Gasteiger partial charge < -0.3 is 19.3 Å². The van der Waals surface area contributed by atoms with E-state index in [1.54, 1.807) is 0 Å². The quantitative estimate of drug-likeness (QED) is 0.200. The summed E-state index contributed by atoms with van der Waals surface area (Å²) in [5.41, 5.74) is 1.99. The zero-order valence-electron chi connectivity index (χ0n) is 26.2. The van der Waals surface area contributed by atoms with E-state index in [0.29, 0.717) is 31.3 Å². The van der Waals surface area contributed by atoms with Crippen LogP contribution < -0.4 is 0 Å². The number of carbonyl (C=O) groups excluding carboxylic acids is 3. The number of allylic oxidation sites excluding steroid dienone is 2. The summed E-state index contributed by atoms with van der Waals surface area (Å²) in [5, 5.41) is 10.8. The van der Waals surface area contributed by atoms with E-state index in [1.807, 2.05) is 0 Å². The summed E-state index contributed by atoms with van der Waals surface area (Å²) in [6, 6.07) is 0. The maximum Gasteiger partial charge on any atom is 0.302 e. The fraction of sp³-hybridized carbons (Fsp3) is 0.794. The molecule has 0 radical (unpaired) electrons. The van der Waals surface area contributed by atoms with Crippen molar-refractivity contribution in [2.75, 3.05) is 6.61 Å². The number of hydrogen-bond donors (Lipinski definition) is 1. The lowest BCUT2D eigenvalue weighted by Gasteiger charge is -2.59. The lowest BCUT2D eigenvalue weighted by Crippen LogP contribution is -2.57. The lowest BCUT2D eigenvalue weighted by molar-refractivity contribution is -0.171. The van der Waals surface area contributed by atoms with Crippen molar-refractivity contribution in [3.8, 4) is 0 Å². The summed E-state index contributed by atoms with van der Waals surface area (Å²) in [4.78, 5) is 36.5. The van der Waals surface area contributed by atoms with Gasteiger partial charge in [0.25, 0.3) is 0 Å². The number of aliphatic hydroxyl groups is 1. The minimum Gasteiger partial charge on any atom is -0.465 e. The Kier molecular flexibility index (Phi) is 9.47. The maximum absolute atomic E-state index is 12.4. The first-order valence-electron chi connectivity index (χ1n) is 15.7. The molecule has 0 aromatic rings. The molecule has 0 aromatic heterocycles. The van der Waals surface area contributed by atoms with E-state index in [4.69, 9.17) is 14.2 Å². The van der Waals surface area contributed by atoms with Gasteiger partial charge in [0, 0.05) is 32.1 Å². The van der Waals surface area contributed by atoms with Crippen LogP contribution >= 0.6 is 0 Å². The number of carbonyl (C=O) groups is 3. The molecule has 3 unspecified atom stereocenters. The molecule has 0 aromatic carbocycles. The summed E-state index contributed by atoms with van der Waals surface area (Å²) >= 11 is 0. The van der Waals surface area contributed by atoms with E-state index in [2.05, 4.69) is 40.3 Å². The fourth-order valence-corrected chi connectivity index (χ4v) is 9.43. The van der Waals surface area contributed by atoms with Crippen molar-refractivity contribution in [3.05, 3.63) is 23.8 Å². The van der Waals surface area contributed by atoms with Gasteiger partial charge in [-0.15, -0.1) is 0 Å². The fourth-order valence-electron chi connectivity index (χ4n) is 9.43. The van der Waals surface area contributed by atoms with Gasteiger partial charge in [-0.2, -0.15) is 0 Å². The minimum absolute atomic E-state index is 0.0545. The molecule has 0 spiro atoms. The van der Waals surface area contributed by atoms with Gasteiger partial charge in [-0.3, -0.25) is 14.4 Å². The van der Waals surface area contributed by atoms with Crippen LogP contribution in [0.1, 0.15) is 99.8 Å². The van der Waals surface area contributed by atoms with Gasteiger partial charge in [0.15, 0.2) is 0 Å². The highest BCUT2D eigenvalue weighted by molar-refractivity contribution is 5.67. The topological polar surface area (TPSA) is 99.1 Å². The van der Waals surface area contributed by atoms with Crippen LogP contribution in [0.3, 0.4) is 0 Å². The second-order valence-corrected chi connectivity index (χ2v) is 14.2. The standard InChI is InChI=1S/C34H52O7/c1-19(2)20(3)9-10-21(4)28-16-30(40-23(6)36)32-26-12-11-25-15-29(38)31(41-24(7)37)17-33(25,8)27(26)13-14-34(28,32)18-39-22(5)35/h11,19,21,26-32,38H,3,9-10,12-18H2,1-2,4-8H3/t21-,26-,27+,28-,29?,30?,31?,32-,33+,34+/m1/s1. The number of hydrogen-bond acceptors (Lipinski definition) is 7. The maximum atomic E-state index is 12.4. The summed E-state index contributed by atoms with van der Waals surface area (Å²) in [5.74, 6) is 0.689. The highest BCUT2D eigenvalue weighted by atomic mass is 16.6. The summed E-state index contributed by atoms with van der Waals surface area (Å²) in [7, 11) is 0. The van der Waals surface area contributed by atoms with E-state index >= 15 is 0 Å². The molecule has 0 aliphatic heterocycles. The Morgan fingerprint density at radius 2 is 1.73 bits per heavy atom. The molecule has 41 heavy (non-hydrogen) atoms. The van der Waals surface area contributed by atoms with Gasteiger partial charge in [0.2, 0.25) is 0 Å². The summed E-state index contributed by atoms with van der Waals surface area (Å²) in [6.07, 6.45) is 7.32. The smallest absolute Gasteiger partial charge is 0.302 e. The third-order valence-corrected chi connectivity index (χ3v) is 11.5. The molecule has 4 aliphatic carbocycles. The van der Waals surface area contributed by atoms with Crippen LogP contribution in [0.4, 0.5) is 0 Å². The van der Waals surface area contributed by atoms with E-state index < -0.39 is 12.2 Å². The molecule has 1 N–H and O–H groups in total. The number of ether oxygens (including phenoxy) is 3. The van der Waals surface area contributed by atoms with Crippen LogP contribution in [0, 0.1) is 46.3 Å². The van der Waals surface area contributed by atoms with Crippen LogP contribution in [-0.2, 0) is 28.6 Å². The first-order chi connectivity index (χ1) is 19.2. The average Bonchev–Trinajstić information content (AvgIpc) is 3.20.